The molecular weight excluding hydrogens is 396 g/mol. The molecule has 3 rings (SSSR count). The highest BCUT2D eigenvalue weighted by Crippen LogP contribution is 2.42. The number of esters is 2. The van der Waals surface area contributed by atoms with Crippen LogP contribution in [0.4, 0.5) is 0 Å². The third kappa shape index (κ3) is 3.77. The lowest BCUT2D eigenvalue weighted by Gasteiger charge is -2.13. The van der Waals surface area contributed by atoms with Crippen LogP contribution in [0.3, 0.4) is 0 Å². The molecule has 3 aromatic rings. The predicted octanol–water partition coefficient (Wildman–Crippen LogP) is 3.03. The molecule has 30 heavy (non-hydrogen) atoms. The number of benzene rings is 2. The minimum Gasteiger partial charge on any atom is -0.504 e. The summed E-state index contributed by atoms with van der Waals surface area (Å²) in [7, 11) is 2.72. The van der Waals surface area contributed by atoms with Crippen LogP contribution in [-0.4, -0.2) is 31.3 Å². The van der Waals surface area contributed by atoms with Crippen molar-refractivity contribution in [1.82, 2.24) is 0 Å². The van der Waals surface area contributed by atoms with Gasteiger partial charge in [0.1, 0.15) is 17.2 Å². The van der Waals surface area contributed by atoms with E-state index in [1.165, 1.54) is 45.6 Å². The molecule has 1 aromatic heterocycles. The molecule has 0 fully saturated rings. The molecule has 0 aliphatic carbocycles. The van der Waals surface area contributed by atoms with Crippen LogP contribution < -0.4 is 24.4 Å². The Bertz CT molecular complexity index is 1210. The van der Waals surface area contributed by atoms with Crippen molar-refractivity contribution < 1.29 is 38.1 Å². The summed E-state index contributed by atoms with van der Waals surface area (Å²) >= 11 is 0. The first-order valence-corrected chi connectivity index (χ1v) is 8.67. The zero-order valence-corrected chi connectivity index (χ0v) is 16.6. The number of carbonyl (C=O) groups excluding carboxylic acids is 2. The monoisotopic (exact) mass is 414 g/mol. The summed E-state index contributed by atoms with van der Waals surface area (Å²) in [5, 5.41) is 10.4. The van der Waals surface area contributed by atoms with Crippen LogP contribution in [0, 0.1) is 0 Å². The standard InChI is InChI=1S/C21H18O9/c1-10(22)29-15-7-12(5-6-14(15)26-3)13-9-28-16-8-17(27-4)21(30-11(2)23)20(25)18(16)19(13)24/h5-9,25H,1-4H3. The van der Waals surface area contributed by atoms with E-state index in [4.69, 9.17) is 23.4 Å². The van der Waals surface area contributed by atoms with E-state index in [1.54, 1.807) is 6.07 Å². The SMILES string of the molecule is COc1ccc(-c2coc3cc(OC)c(OC(C)=O)c(O)c3c2=O)cc1OC(C)=O. The fourth-order valence-electron chi connectivity index (χ4n) is 2.90. The Morgan fingerprint density at radius 2 is 1.60 bits per heavy atom. The molecule has 0 atom stereocenters. The van der Waals surface area contributed by atoms with E-state index < -0.39 is 23.1 Å². The Kier molecular flexibility index (Phi) is 5.63. The second-order valence-corrected chi connectivity index (χ2v) is 6.16. The molecule has 0 bridgehead atoms. The summed E-state index contributed by atoms with van der Waals surface area (Å²) in [5.74, 6) is -1.73. The highest BCUT2D eigenvalue weighted by molar-refractivity contribution is 5.92. The van der Waals surface area contributed by atoms with Crippen LogP contribution in [0.2, 0.25) is 0 Å². The number of rotatable bonds is 5. The van der Waals surface area contributed by atoms with Gasteiger partial charge < -0.3 is 28.5 Å². The van der Waals surface area contributed by atoms with E-state index in [2.05, 4.69) is 0 Å². The number of methoxy groups -OCH3 is 2. The van der Waals surface area contributed by atoms with Crippen LogP contribution in [0.1, 0.15) is 13.8 Å². The largest absolute Gasteiger partial charge is 0.504 e. The number of hydrogen-bond acceptors (Lipinski definition) is 9. The number of ether oxygens (including phenoxy) is 4. The Morgan fingerprint density at radius 1 is 0.933 bits per heavy atom. The molecule has 0 amide bonds. The predicted molar refractivity (Wildman–Crippen MR) is 105 cm³/mol. The van der Waals surface area contributed by atoms with Gasteiger partial charge in [-0.2, -0.15) is 0 Å². The van der Waals surface area contributed by atoms with Gasteiger partial charge in [-0.05, 0) is 17.7 Å². The smallest absolute Gasteiger partial charge is 0.308 e. The first-order valence-electron chi connectivity index (χ1n) is 8.67. The van der Waals surface area contributed by atoms with Crippen LogP contribution in [-0.2, 0) is 9.59 Å². The first kappa shape index (κ1) is 20.7. The zero-order chi connectivity index (χ0) is 22.0. The summed E-state index contributed by atoms with van der Waals surface area (Å²) in [6.07, 6.45) is 1.20. The highest BCUT2D eigenvalue weighted by Gasteiger charge is 2.22. The molecule has 156 valence electrons. The zero-order valence-electron chi connectivity index (χ0n) is 16.6. The molecule has 0 spiro atoms. The number of hydrogen-bond donors (Lipinski definition) is 1. The number of aromatic hydroxyl groups is 1. The third-order valence-electron chi connectivity index (χ3n) is 4.15. The summed E-state index contributed by atoms with van der Waals surface area (Å²) in [6.45, 7) is 2.38. The lowest BCUT2D eigenvalue weighted by atomic mass is 10.0. The molecule has 0 saturated heterocycles. The number of phenolic OH excluding ortho intramolecular Hbond substituents is 1. The fourth-order valence-corrected chi connectivity index (χ4v) is 2.90. The number of carbonyl (C=O) groups is 2. The Morgan fingerprint density at radius 3 is 2.20 bits per heavy atom. The van der Waals surface area contributed by atoms with Gasteiger partial charge >= 0.3 is 11.9 Å². The van der Waals surface area contributed by atoms with E-state index in [-0.39, 0.29) is 33.8 Å². The van der Waals surface area contributed by atoms with E-state index in [0.717, 1.165) is 6.92 Å². The number of phenols is 1. The molecule has 0 saturated carbocycles. The Labute approximate surface area is 170 Å². The third-order valence-corrected chi connectivity index (χ3v) is 4.15. The van der Waals surface area contributed by atoms with Crippen molar-refractivity contribution in [1.29, 1.82) is 0 Å². The van der Waals surface area contributed by atoms with Gasteiger partial charge in [0.25, 0.3) is 0 Å². The van der Waals surface area contributed by atoms with E-state index in [9.17, 15) is 19.5 Å². The van der Waals surface area contributed by atoms with E-state index >= 15 is 0 Å². The molecule has 0 aliphatic heterocycles. The molecular formula is C21H18O9. The van der Waals surface area contributed by atoms with Crippen molar-refractivity contribution in [3.8, 4) is 39.9 Å². The van der Waals surface area contributed by atoms with Crippen molar-refractivity contribution in [2.24, 2.45) is 0 Å². The summed E-state index contributed by atoms with van der Waals surface area (Å²) in [5.41, 5.74) is -0.133. The summed E-state index contributed by atoms with van der Waals surface area (Å²) < 4.78 is 25.9. The minimum atomic E-state index is -0.704. The van der Waals surface area contributed by atoms with Gasteiger partial charge in [0, 0.05) is 19.9 Å². The molecule has 9 heteroatoms. The fraction of sp³-hybridized carbons (Fsp3) is 0.190. The molecule has 0 unspecified atom stereocenters. The van der Waals surface area contributed by atoms with Gasteiger partial charge in [0.15, 0.2) is 23.0 Å². The maximum Gasteiger partial charge on any atom is 0.308 e. The van der Waals surface area contributed by atoms with Gasteiger partial charge in [-0.1, -0.05) is 6.07 Å². The second-order valence-electron chi connectivity index (χ2n) is 6.16. The van der Waals surface area contributed by atoms with Crippen LogP contribution in [0.5, 0.6) is 28.7 Å². The molecule has 9 nitrogen and oxygen atoms in total. The molecule has 0 radical (unpaired) electrons. The van der Waals surface area contributed by atoms with Gasteiger partial charge in [0.05, 0.1) is 19.8 Å². The van der Waals surface area contributed by atoms with Crippen LogP contribution in [0.25, 0.3) is 22.1 Å². The maximum absolute atomic E-state index is 13.1. The second kappa shape index (κ2) is 8.16. The summed E-state index contributed by atoms with van der Waals surface area (Å²) in [4.78, 5) is 35.9. The van der Waals surface area contributed by atoms with Crippen molar-refractivity contribution >= 4 is 22.9 Å². The van der Waals surface area contributed by atoms with Crippen molar-refractivity contribution in [2.45, 2.75) is 13.8 Å². The highest BCUT2D eigenvalue weighted by atomic mass is 16.6. The quantitative estimate of drug-likeness (QED) is 0.496. The van der Waals surface area contributed by atoms with Crippen LogP contribution >= 0.6 is 0 Å². The Hall–Kier alpha value is -4.01. The average molecular weight is 414 g/mol. The number of fused-ring (bicyclic) bond motifs is 1. The molecule has 1 N–H and O–H groups in total. The van der Waals surface area contributed by atoms with Crippen LogP contribution in [0.15, 0.2) is 39.7 Å². The van der Waals surface area contributed by atoms with Gasteiger partial charge in [-0.25, -0.2) is 0 Å². The lowest BCUT2D eigenvalue weighted by Crippen LogP contribution is -2.09. The van der Waals surface area contributed by atoms with E-state index in [0.29, 0.717) is 11.3 Å². The van der Waals surface area contributed by atoms with Gasteiger partial charge in [-0.15, -0.1) is 0 Å². The van der Waals surface area contributed by atoms with Crippen molar-refractivity contribution in [3.05, 3.63) is 40.8 Å². The minimum absolute atomic E-state index is 0.0210. The first-order chi connectivity index (χ1) is 14.3. The maximum atomic E-state index is 13.1. The summed E-state index contributed by atoms with van der Waals surface area (Å²) in [6, 6.07) is 5.86. The Balaban J connectivity index is 2.25. The average Bonchev–Trinajstić information content (AvgIpc) is 2.69. The topological polar surface area (TPSA) is 122 Å². The molecule has 2 aromatic carbocycles. The van der Waals surface area contributed by atoms with E-state index in [1.807, 2.05) is 0 Å². The van der Waals surface area contributed by atoms with Crippen molar-refractivity contribution in [2.75, 3.05) is 14.2 Å². The normalized spacial score (nSPS) is 10.5. The van der Waals surface area contributed by atoms with Crippen molar-refractivity contribution in [3.63, 3.8) is 0 Å². The molecule has 0 aliphatic rings. The van der Waals surface area contributed by atoms with Gasteiger partial charge in [0.2, 0.25) is 11.2 Å². The van der Waals surface area contributed by atoms with Gasteiger partial charge in [-0.3, -0.25) is 14.4 Å². The molecule has 1 heterocycles. The lowest BCUT2D eigenvalue weighted by molar-refractivity contribution is -0.133.